The van der Waals surface area contributed by atoms with Gasteiger partial charge >= 0.3 is 0 Å². The number of nitrogens with zero attached hydrogens (tertiary/aromatic N) is 1. The second-order valence-corrected chi connectivity index (χ2v) is 4.28. The zero-order valence-electron chi connectivity index (χ0n) is 12.0. The lowest BCUT2D eigenvalue weighted by Gasteiger charge is -2.05. The molecule has 22 heavy (non-hydrogen) atoms. The van der Waals surface area contributed by atoms with Crippen LogP contribution < -0.4 is 14.9 Å². The molecule has 0 atom stereocenters. The van der Waals surface area contributed by atoms with E-state index in [9.17, 15) is 9.18 Å². The van der Waals surface area contributed by atoms with Gasteiger partial charge < -0.3 is 9.47 Å². The molecule has 0 spiro atoms. The molecule has 6 heteroatoms. The number of ether oxygens (including phenoxy) is 2. The molecule has 0 saturated heterocycles. The first-order valence-corrected chi connectivity index (χ1v) is 6.52. The maximum atomic E-state index is 13.3. The molecule has 0 heterocycles. The molecule has 5 nitrogen and oxygen atoms in total. The molecule has 0 bridgehead atoms. The summed E-state index contributed by atoms with van der Waals surface area (Å²) < 4.78 is 23.6. The number of amides is 1. The van der Waals surface area contributed by atoms with E-state index in [0.717, 1.165) is 0 Å². The van der Waals surface area contributed by atoms with E-state index in [1.807, 2.05) is 0 Å². The Balaban J connectivity index is 1.79. The molecule has 0 aliphatic rings. The molecule has 0 unspecified atom stereocenters. The fourth-order valence-corrected chi connectivity index (χ4v) is 1.61. The first-order valence-electron chi connectivity index (χ1n) is 6.52. The highest BCUT2D eigenvalue weighted by Crippen LogP contribution is 2.16. The summed E-state index contributed by atoms with van der Waals surface area (Å²) in [5.41, 5.74) is 2.56. The highest BCUT2D eigenvalue weighted by Gasteiger charge is 2.02. The number of carbonyl (C=O) groups is 1. The molecule has 0 saturated carbocycles. The van der Waals surface area contributed by atoms with Crippen molar-refractivity contribution in [2.75, 3.05) is 13.7 Å². The van der Waals surface area contributed by atoms with Gasteiger partial charge in [0.1, 0.15) is 17.3 Å². The minimum absolute atomic E-state index is 0.194. The summed E-state index contributed by atoms with van der Waals surface area (Å²) in [5.74, 6) is 0.388. The second-order valence-electron chi connectivity index (χ2n) is 4.28. The summed E-state index contributed by atoms with van der Waals surface area (Å²) in [6.07, 6.45) is 1.24. The van der Waals surface area contributed by atoms with Crippen LogP contribution in [0.3, 0.4) is 0 Å². The zero-order chi connectivity index (χ0) is 15.8. The molecule has 0 fully saturated rings. The zero-order valence-corrected chi connectivity index (χ0v) is 12.0. The van der Waals surface area contributed by atoms with Crippen molar-refractivity contribution in [3.05, 3.63) is 59.9 Å². The summed E-state index contributed by atoms with van der Waals surface area (Å²) >= 11 is 0. The Morgan fingerprint density at radius 3 is 2.55 bits per heavy atom. The Morgan fingerprint density at radius 1 is 1.18 bits per heavy atom. The Kier molecular flexibility index (Phi) is 5.48. The highest BCUT2D eigenvalue weighted by molar-refractivity contribution is 5.83. The molecule has 0 radical (unpaired) electrons. The molecule has 0 aliphatic carbocycles. The topological polar surface area (TPSA) is 59.9 Å². The van der Waals surface area contributed by atoms with Crippen LogP contribution in [0.25, 0.3) is 0 Å². The summed E-state index contributed by atoms with van der Waals surface area (Å²) in [6.45, 7) is -0.194. The van der Waals surface area contributed by atoms with Gasteiger partial charge in [0.25, 0.3) is 5.91 Å². The summed E-state index contributed by atoms with van der Waals surface area (Å²) in [5, 5.41) is 3.68. The van der Waals surface area contributed by atoms with Crippen LogP contribution in [0.5, 0.6) is 11.5 Å². The van der Waals surface area contributed by atoms with Crippen molar-refractivity contribution in [3.63, 3.8) is 0 Å². The van der Waals surface area contributed by atoms with Gasteiger partial charge in [-0.2, -0.15) is 5.10 Å². The van der Waals surface area contributed by atoms with Crippen LogP contribution in [-0.2, 0) is 4.79 Å². The number of rotatable bonds is 6. The third-order valence-electron chi connectivity index (χ3n) is 2.73. The summed E-state index contributed by atoms with van der Waals surface area (Å²) in [6, 6.07) is 13.0. The Bertz CT molecular complexity index is 657. The fraction of sp³-hybridized carbons (Fsp3) is 0.125. The van der Waals surface area contributed by atoms with Gasteiger partial charge in [0.2, 0.25) is 0 Å². The SMILES string of the molecule is COc1ccc(OCC(=O)N/N=C\c2ccccc2F)cc1. The quantitative estimate of drug-likeness (QED) is 0.658. The van der Waals surface area contributed by atoms with Gasteiger partial charge in [0.05, 0.1) is 13.3 Å². The van der Waals surface area contributed by atoms with Crippen molar-refractivity contribution in [3.8, 4) is 11.5 Å². The molecule has 1 N–H and O–H groups in total. The van der Waals surface area contributed by atoms with Crippen LogP contribution in [0, 0.1) is 5.82 Å². The summed E-state index contributed by atoms with van der Waals surface area (Å²) in [4.78, 5) is 11.5. The first kappa shape index (κ1) is 15.5. The Morgan fingerprint density at radius 2 is 1.86 bits per heavy atom. The van der Waals surface area contributed by atoms with Gasteiger partial charge in [-0.25, -0.2) is 9.82 Å². The van der Waals surface area contributed by atoms with Crippen LogP contribution in [-0.4, -0.2) is 25.8 Å². The average Bonchev–Trinajstić information content (AvgIpc) is 2.55. The minimum atomic E-state index is -0.441. The molecule has 2 rings (SSSR count). The predicted molar refractivity (Wildman–Crippen MR) is 80.6 cm³/mol. The van der Waals surface area contributed by atoms with E-state index < -0.39 is 11.7 Å². The van der Waals surface area contributed by atoms with Crippen LogP contribution >= 0.6 is 0 Å². The van der Waals surface area contributed by atoms with Crippen molar-refractivity contribution in [1.82, 2.24) is 5.43 Å². The third-order valence-corrected chi connectivity index (χ3v) is 2.73. The van der Waals surface area contributed by atoms with Gasteiger partial charge in [-0.05, 0) is 30.3 Å². The smallest absolute Gasteiger partial charge is 0.277 e. The standard InChI is InChI=1S/C16H15FN2O3/c1-21-13-6-8-14(9-7-13)22-11-16(20)19-18-10-12-4-2-3-5-15(12)17/h2-10H,11H2,1H3,(H,19,20)/b18-10-. The van der Waals surface area contributed by atoms with E-state index in [4.69, 9.17) is 9.47 Å². The molecule has 0 aromatic heterocycles. The van der Waals surface area contributed by atoms with Crippen LogP contribution in [0.2, 0.25) is 0 Å². The van der Waals surface area contributed by atoms with E-state index in [2.05, 4.69) is 10.5 Å². The molecule has 1 amide bonds. The molecular formula is C16H15FN2O3. The summed E-state index contributed by atoms with van der Waals surface area (Å²) in [7, 11) is 1.57. The van der Waals surface area contributed by atoms with Crippen molar-refractivity contribution < 1.29 is 18.7 Å². The molecule has 2 aromatic rings. The maximum absolute atomic E-state index is 13.3. The molecule has 2 aromatic carbocycles. The molecule has 114 valence electrons. The van der Waals surface area contributed by atoms with Crippen LogP contribution in [0.15, 0.2) is 53.6 Å². The van der Waals surface area contributed by atoms with E-state index in [-0.39, 0.29) is 6.61 Å². The van der Waals surface area contributed by atoms with Gasteiger partial charge in [0.15, 0.2) is 6.61 Å². The number of hydrogen-bond donors (Lipinski definition) is 1. The second kappa shape index (κ2) is 7.78. The maximum Gasteiger partial charge on any atom is 0.277 e. The van der Waals surface area contributed by atoms with E-state index in [0.29, 0.717) is 17.1 Å². The van der Waals surface area contributed by atoms with E-state index in [1.54, 1.807) is 49.6 Å². The van der Waals surface area contributed by atoms with E-state index >= 15 is 0 Å². The van der Waals surface area contributed by atoms with E-state index in [1.165, 1.54) is 12.3 Å². The largest absolute Gasteiger partial charge is 0.497 e. The van der Waals surface area contributed by atoms with Gasteiger partial charge in [-0.15, -0.1) is 0 Å². The first-order chi connectivity index (χ1) is 10.7. The minimum Gasteiger partial charge on any atom is -0.497 e. The molecular weight excluding hydrogens is 287 g/mol. The average molecular weight is 302 g/mol. The predicted octanol–water partition coefficient (Wildman–Crippen LogP) is 2.36. The van der Waals surface area contributed by atoms with Gasteiger partial charge in [-0.1, -0.05) is 18.2 Å². The number of carbonyl (C=O) groups excluding carboxylic acids is 1. The van der Waals surface area contributed by atoms with Crippen LogP contribution in [0.4, 0.5) is 4.39 Å². The Labute approximate surface area is 127 Å². The number of nitrogens with one attached hydrogen (secondary N) is 1. The van der Waals surface area contributed by atoms with Gasteiger partial charge in [0, 0.05) is 5.56 Å². The Hall–Kier alpha value is -2.89. The van der Waals surface area contributed by atoms with Gasteiger partial charge in [-0.3, -0.25) is 4.79 Å². The highest BCUT2D eigenvalue weighted by atomic mass is 19.1. The lowest BCUT2D eigenvalue weighted by atomic mass is 10.2. The number of benzene rings is 2. The monoisotopic (exact) mass is 302 g/mol. The normalized spacial score (nSPS) is 10.5. The van der Waals surface area contributed by atoms with Crippen molar-refractivity contribution >= 4 is 12.1 Å². The number of hydrogen-bond acceptors (Lipinski definition) is 4. The van der Waals surface area contributed by atoms with Crippen LogP contribution in [0.1, 0.15) is 5.56 Å². The number of halogens is 1. The number of hydrazone groups is 1. The van der Waals surface area contributed by atoms with Crippen molar-refractivity contribution in [2.45, 2.75) is 0 Å². The van der Waals surface area contributed by atoms with Crippen molar-refractivity contribution in [2.24, 2.45) is 5.10 Å². The number of methoxy groups -OCH3 is 1. The lowest BCUT2D eigenvalue weighted by Crippen LogP contribution is -2.24. The fourth-order valence-electron chi connectivity index (χ4n) is 1.61. The lowest BCUT2D eigenvalue weighted by molar-refractivity contribution is -0.123. The molecule has 0 aliphatic heterocycles. The van der Waals surface area contributed by atoms with Crippen molar-refractivity contribution in [1.29, 1.82) is 0 Å². The third kappa shape index (κ3) is 4.59.